The van der Waals surface area contributed by atoms with Gasteiger partial charge in [-0.3, -0.25) is 0 Å². The largest absolute Gasteiger partial charge is 0.416 e. The standard InChI is InChI=1S/C16H35NOSi/c1-12(2)19(13(3)4,14(5)6)18-10-9-15-11-16(15)17(7)8/h12-16H,9-11H2,1-8H3/t15-,16-/m1/s1. The lowest BCUT2D eigenvalue weighted by Crippen LogP contribution is -2.48. The van der Waals surface area contributed by atoms with Crippen LogP contribution in [0.4, 0.5) is 0 Å². The van der Waals surface area contributed by atoms with E-state index in [-0.39, 0.29) is 0 Å². The van der Waals surface area contributed by atoms with E-state index in [9.17, 15) is 0 Å². The molecular weight excluding hydrogens is 250 g/mol. The lowest BCUT2D eigenvalue weighted by atomic mass is 10.3. The van der Waals surface area contributed by atoms with Gasteiger partial charge in [0, 0.05) is 12.6 Å². The minimum atomic E-state index is -1.63. The summed E-state index contributed by atoms with van der Waals surface area (Å²) < 4.78 is 6.61. The van der Waals surface area contributed by atoms with Crippen LogP contribution >= 0.6 is 0 Å². The van der Waals surface area contributed by atoms with Gasteiger partial charge in [-0.25, -0.2) is 0 Å². The molecule has 0 aromatic carbocycles. The number of rotatable bonds is 8. The Bertz CT molecular complexity index is 254. The molecule has 1 aliphatic rings. The molecule has 0 amide bonds. The summed E-state index contributed by atoms with van der Waals surface area (Å²) in [6, 6.07) is 0.816. The second-order valence-electron chi connectivity index (χ2n) is 7.48. The minimum absolute atomic E-state index is 0.705. The molecule has 0 radical (unpaired) electrons. The maximum Gasteiger partial charge on any atom is 0.200 e. The van der Waals surface area contributed by atoms with E-state index in [1.54, 1.807) is 0 Å². The second-order valence-corrected chi connectivity index (χ2v) is 12.9. The van der Waals surface area contributed by atoms with E-state index in [1.807, 2.05) is 0 Å². The SMILES string of the molecule is CC(C)[Si](OCC[C@@H]1C[C@H]1N(C)C)(C(C)C)C(C)C. The van der Waals surface area contributed by atoms with Crippen LogP contribution in [0.15, 0.2) is 0 Å². The fourth-order valence-corrected chi connectivity index (χ4v) is 9.53. The van der Waals surface area contributed by atoms with Crippen LogP contribution in [0.2, 0.25) is 16.6 Å². The number of hydrogen-bond acceptors (Lipinski definition) is 2. The predicted octanol–water partition coefficient (Wildman–Crippen LogP) is 4.52. The number of nitrogens with zero attached hydrogens (tertiary/aromatic N) is 1. The van der Waals surface area contributed by atoms with Crippen LogP contribution in [0.3, 0.4) is 0 Å². The first-order valence-corrected chi connectivity index (χ1v) is 10.2. The van der Waals surface area contributed by atoms with Crippen molar-refractivity contribution >= 4 is 8.32 Å². The molecule has 0 saturated heterocycles. The van der Waals surface area contributed by atoms with Crippen LogP contribution in [0.5, 0.6) is 0 Å². The van der Waals surface area contributed by atoms with Gasteiger partial charge in [0.25, 0.3) is 0 Å². The van der Waals surface area contributed by atoms with Crippen molar-refractivity contribution in [3.8, 4) is 0 Å². The summed E-state index contributed by atoms with van der Waals surface area (Å²) in [5.41, 5.74) is 2.11. The zero-order valence-corrected chi connectivity index (χ0v) is 15.4. The first kappa shape index (κ1) is 17.2. The molecule has 114 valence electrons. The third-order valence-electron chi connectivity index (χ3n) is 5.10. The van der Waals surface area contributed by atoms with Crippen molar-refractivity contribution in [2.24, 2.45) is 5.92 Å². The van der Waals surface area contributed by atoms with Crippen LogP contribution < -0.4 is 0 Å². The summed E-state index contributed by atoms with van der Waals surface area (Å²) in [5, 5.41) is 0. The van der Waals surface area contributed by atoms with E-state index in [4.69, 9.17) is 4.43 Å². The van der Waals surface area contributed by atoms with Gasteiger partial charge in [-0.05, 0) is 49.5 Å². The molecule has 1 fully saturated rings. The molecule has 19 heavy (non-hydrogen) atoms. The summed E-state index contributed by atoms with van der Waals surface area (Å²) in [6.45, 7) is 15.2. The molecule has 0 aromatic rings. The van der Waals surface area contributed by atoms with Crippen molar-refractivity contribution in [3.05, 3.63) is 0 Å². The van der Waals surface area contributed by atoms with Crippen molar-refractivity contribution in [1.29, 1.82) is 0 Å². The second kappa shape index (κ2) is 6.73. The van der Waals surface area contributed by atoms with Crippen molar-refractivity contribution in [2.45, 2.75) is 77.0 Å². The third-order valence-corrected chi connectivity index (χ3v) is 11.2. The number of hydrogen-bond donors (Lipinski definition) is 0. The van der Waals surface area contributed by atoms with E-state index in [2.05, 4.69) is 60.5 Å². The maximum atomic E-state index is 6.61. The van der Waals surface area contributed by atoms with Crippen molar-refractivity contribution in [1.82, 2.24) is 4.90 Å². The molecular formula is C16H35NOSi. The normalized spacial score (nSPS) is 24.0. The minimum Gasteiger partial charge on any atom is -0.416 e. The lowest BCUT2D eigenvalue weighted by Gasteiger charge is -2.42. The molecule has 3 heteroatoms. The maximum absolute atomic E-state index is 6.61. The molecule has 0 aromatic heterocycles. The first-order chi connectivity index (χ1) is 8.73. The van der Waals surface area contributed by atoms with Gasteiger partial charge in [-0.15, -0.1) is 0 Å². The fourth-order valence-electron chi connectivity index (χ4n) is 4.06. The zero-order valence-electron chi connectivity index (χ0n) is 14.4. The molecule has 0 spiro atoms. The fraction of sp³-hybridized carbons (Fsp3) is 1.00. The summed E-state index contributed by atoms with van der Waals surface area (Å²) in [7, 11) is 2.76. The molecule has 1 rings (SSSR count). The van der Waals surface area contributed by atoms with Gasteiger partial charge in [0.2, 0.25) is 0 Å². The average Bonchev–Trinajstić information content (AvgIpc) is 3.02. The van der Waals surface area contributed by atoms with Gasteiger partial charge in [-0.1, -0.05) is 41.5 Å². The van der Waals surface area contributed by atoms with Gasteiger partial charge in [0.05, 0.1) is 0 Å². The summed E-state index contributed by atoms with van der Waals surface area (Å²) in [4.78, 5) is 2.36. The van der Waals surface area contributed by atoms with Gasteiger partial charge in [0.1, 0.15) is 0 Å². The van der Waals surface area contributed by atoms with Gasteiger partial charge in [-0.2, -0.15) is 0 Å². The van der Waals surface area contributed by atoms with Crippen molar-refractivity contribution < 1.29 is 4.43 Å². The van der Waals surface area contributed by atoms with E-state index in [0.29, 0.717) is 16.6 Å². The Morgan fingerprint density at radius 2 is 1.47 bits per heavy atom. The molecule has 1 saturated carbocycles. The molecule has 0 N–H and O–H groups in total. The van der Waals surface area contributed by atoms with Crippen LogP contribution in [0.1, 0.15) is 54.4 Å². The highest BCUT2D eigenvalue weighted by Crippen LogP contribution is 2.43. The van der Waals surface area contributed by atoms with Crippen LogP contribution in [0, 0.1) is 5.92 Å². The molecule has 0 bridgehead atoms. The zero-order chi connectivity index (χ0) is 14.8. The van der Waals surface area contributed by atoms with E-state index >= 15 is 0 Å². The highest BCUT2D eigenvalue weighted by atomic mass is 28.4. The molecule has 1 aliphatic carbocycles. The highest BCUT2D eigenvalue weighted by molar-refractivity contribution is 6.77. The Hall–Kier alpha value is 0.137. The first-order valence-electron chi connectivity index (χ1n) is 8.03. The third kappa shape index (κ3) is 3.83. The van der Waals surface area contributed by atoms with E-state index < -0.39 is 8.32 Å². The quantitative estimate of drug-likeness (QED) is 0.608. The van der Waals surface area contributed by atoms with Crippen LogP contribution in [-0.2, 0) is 4.43 Å². The van der Waals surface area contributed by atoms with Gasteiger partial charge >= 0.3 is 0 Å². The van der Waals surface area contributed by atoms with Crippen LogP contribution in [0.25, 0.3) is 0 Å². The molecule has 2 nitrogen and oxygen atoms in total. The average molecular weight is 286 g/mol. The Morgan fingerprint density at radius 1 is 1.00 bits per heavy atom. The lowest BCUT2D eigenvalue weighted by molar-refractivity contribution is 0.257. The summed E-state index contributed by atoms with van der Waals surface area (Å²) in [5.74, 6) is 0.883. The Balaban J connectivity index is 2.51. The topological polar surface area (TPSA) is 12.5 Å². The van der Waals surface area contributed by atoms with E-state index in [0.717, 1.165) is 18.6 Å². The van der Waals surface area contributed by atoms with Crippen molar-refractivity contribution in [3.63, 3.8) is 0 Å². The molecule has 0 heterocycles. The summed E-state index contributed by atoms with van der Waals surface area (Å²) in [6.07, 6.45) is 2.62. The smallest absolute Gasteiger partial charge is 0.200 e. The van der Waals surface area contributed by atoms with Gasteiger partial charge < -0.3 is 9.33 Å². The Kier molecular flexibility index (Phi) is 6.09. The molecule has 2 atom stereocenters. The Morgan fingerprint density at radius 3 is 1.79 bits per heavy atom. The monoisotopic (exact) mass is 285 g/mol. The Labute approximate surface area is 122 Å². The van der Waals surface area contributed by atoms with Gasteiger partial charge in [0.15, 0.2) is 8.32 Å². The highest BCUT2D eigenvalue weighted by Gasteiger charge is 2.45. The van der Waals surface area contributed by atoms with Crippen LogP contribution in [-0.4, -0.2) is 40.0 Å². The van der Waals surface area contributed by atoms with E-state index in [1.165, 1.54) is 12.8 Å². The van der Waals surface area contributed by atoms with Crippen molar-refractivity contribution in [2.75, 3.05) is 20.7 Å². The predicted molar refractivity (Wildman–Crippen MR) is 87.2 cm³/mol. The molecule has 0 unspecified atom stereocenters. The molecule has 0 aliphatic heterocycles. The summed E-state index contributed by atoms with van der Waals surface area (Å²) >= 11 is 0.